The molecule has 13 heteroatoms. The van der Waals surface area contributed by atoms with Gasteiger partial charge in [0.1, 0.15) is 6.04 Å². The molecule has 0 spiro atoms. The number of carbonyl (C=O) groups is 4. The first-order valence-corrected chi connectivity index (χ1v) is 16.8. The lowest BCUT2D eigenvalue weighted by atomic mass is 9.74. The van der Waals surface area contributed by atoms with Gasteiger partial charge < -0.3 is 41.0 Å². The molecule has 45 heavy (non-hydrogen) atoms. The zero-order chi connectivity index (χ0) is 32.4. The van der Waals surface area contributed by atoms with Gasteiger partial charge in [0.05, 0.1) is 39.6 Å². The molecule has 12 nitrogen and oxygen atoms in total. The van der Waals surface area contributed by atoms with Crippen LogP contribution in [0.2, 0.25) is 0 Å². The Kier molecular flexibility index (Phi) is 16.1. The highest BCUT2D eigenvalue weighted by atomic mass is 32.2. The van der Waals surface area contributed by atoms with Gasteiger partial charge in [-0.05, 0) is 60.6 Å². The molecule has 2 aromatic carbocycles. The molecule has 6 N–H and O–H groups in total. The molecule has 2 aromatic rings. The Bertz CT molecular complexity index is 1210. The summed E-state index contributed by atoms with van der Waals surface area (Å²) in [6.07, 6.45) is 3.08. The summed E-state index contributed by atoms with van der Waals surface area (Å²) in [5.41, 5.74) is 0.624. The Balaban J connectivity index is 1.68. The van der Waals surface area contributed by atoms with E-state index in [9.17, 15) is 19.2 Å². The summed E-state index contributed by atoms with van der Waals surface area (Å²) in [6, 6.07) is 12.7. The van der Waals surface area contributed by atoms with E-state index in [0.29, 0.717) is 17.9 Å². The summed E-state index contributed by atoms with van der Waals surface area (Å²) in [7, 11) is 0. The summed E-state index contributed by atoms with van der Waals surface area (Å²) < 4.78 is 10.4. The van der Waals surface area contributed by atoms with Crippen LogP contribution in [0.3, 0.4) is 0 Å². The molecule has 3 atom stereocenters. The number of aliphatic hydroxyl groups is 2. The lowest BCUT2D eigenvalue weighted by molar-refractivity contribution is -0.136. The van der Waals surface area contributed by atoms with E-state index in [1.54, 1.807) is 11.8 Å². The van der Waals surface area contributed by atoms with E-state index < -0.39 is 23.8 Å². The van der Waals surface area contributed by atoms with Crippen LogP contribution in [-0.4, -0.2) is 105 Å². The molecule has 0 aliphatic heterocycles. The monoisotopic (exact) mass is 646 g/mol. The van der Waals surface area contributed by atoms with Gasteiger partial charge in [-0.3, -0.25) is 19.2 Å². The normalized spacial score (nSPS) is 18.6. The van der Waals surface area contributed by atoms with Crippen molar-refractivity contribution in [1.29, 1.82) is 0 Å². The standard InChI is InChI=1S/C32H46N4O8S/c1-45-17-8-28(32(42)35-27-7-6-22-4-2-3-5-23(22)21-27)36-31(41)26-19-24(29(39)33-9-13-43-15-11-37)18-25(20-26)30(40)34-10-14-44-16-12-38/h2-7,21,24-26,28,37-38H,8-20H2,1H3,(H,33,39)(H,34,40)(H,35,42)(H,36,41). The van der Waals surface area contributed by atoms with Gasteiger partial charge in [0.2, 0.25) is 23.6 Å². The molecule has 0 bridgehead atoms. The molecule has 0 aromatic heterocycles. The fourth-order valence-electron chi connectivity index (χ4n) is 5.37. The Hall–Kier alpha value is -3.23. The van der Waals surface area contributed by atoms with Gasteiger partial charge in [0, 0.05) is 36.5 Å². The van der Waals surface area contributed by atoms with Crippen LogP contribution >= 0.6 is 11.8 Å². The van der Waals surface area contributed by atoms with Crippen molar-refractivity contribution in [3.63, 3.8) is 0 Å². The predicted molar refractivity (Wildman–Crippen MR) is 174 cm³/mol. The summed E-state index contributed by atoms with van der Waals surface area (Å²) in [6.45, 7) is 1.01. The largest absolute Gasteiger partial charge is 0.394 e. The van der Waals surface area contributed by atoms with Crippen molar-refractivity contribution in [3.8, 4) is 0 Å². The van der Waals surface area contributed by atoms with E-state index in [2.05, 4.69) is 21.3 Å². The quantitative estimate of drug-likeness (QED) is 0.123. The third-order valence-corrected chi connectivity index (χ3v) is 8.29. The number of fused-ring (bicyclic) bond motifs is 1. The van der Waals surface area contributed by atoms with Crippen molar-refractivity contribution < 1.29 is 38.9 Å². The minimum absolute atomic E-state index is 0.118. The number of ether oxygens (including phenoxy) is 2. The first-order valence-electron chi connectivity index (χ1n) is 15.4. The van der Waals surface area contributed by atoms with Crippen molar-refractivity contribution in [2.45, 2.75) is 31.7 Å². The second-order valence-electron chi connectivity index (χ2n) is 10.9. The van der Waals surface area contributed by atoms with Gasteiger partial charge in [-0.15, -0.1) is 0 Å². The van der Waals surface area contributed by atoms with Crippen LogP contribution in [0.25, 0.3) is 10.8 Å². The average molecular weight is 647 g/mol. The zero-order valence-corrected chi connectivity index (χ0v) is 26.6. The average Bonchev–Trinajstić information content (AvgIpc) is 3.05. The summed E-state index contributed by atoms with van der Waals surface area (Å²) >= 11 is 1.57. The number of rotatable bonds is 19. The van der Waals surface area contributed by atoms with Gasteiger partial charge in [0.15, 0.2) is 0 Å². The van der Waals surface area contributed by atoms with Gasteiger partial charge in [-0.2, -0.15) is 11.8 Å². The van der Waals surface area contributed by atoms with E-state index >= 15 is 0 Å². The van der Waals surface area contributed by atoms with Gasteiger partial charge >= 0.3 is 0 Å². The molecule has 4 amide bonds. The maximum Gasteiger partial charge on any atom is 0.246 e. The molecule has 0 radical (unpaired) electrons. The second kappa shape index (κ2) is 20.0. The molecule has 0 heterocycles. The smallest absolute Gasteiger partial charge is 0.246 e. The number of hydrogen-bond donors (Lipinski definition) is 6. The third-order valence-electron chi connectivity index (χ3n) is 7.64. The van der Waals surface area contributed by atoms with E-state index in [4.69, 9.17) is 19.7 Å². The Morgan fingerprint density at radius 1 is 0.800 bits per heavy atom. The van der Waals surface area contributed by atoms with E-state index in [1.807, 2.05) is 48.7 Å². The predicted octanol–water partition coefficient (Wildman–Crippen LogP) is 1.30. The molecule has 3 unspecified atom stereocenters. The Morgan fingerprint density at radius 3 is 1.91 bits per heavy atom. The minimum atomic E-state index is -0.801. The molecule has 1 aliphatic carbocycles. The topological polar surface area (TPSA) is 175 Å². The van der Waals surface area contributed by atoms with Crippen LogP contribution in [0.5, 0.6) is 0 Å². The van der Waals surface area contributed by atoms with E-state index in [-0.39, 0.29) is 95.6 Å². The highest BCUT2D eigenvalue weighted by Crippen LogP contribution is 2.34. The fraction of sp³-hybridized carbons (Fsp3) is 0.562. The molecule has 1 aliphatic rings. The van der Waals surface area contributed by atoms with Crippen LogP contribution in [0.4, 0.5) is 5.69 Å². The lowest BCUT2D eigenvalue weighted by Crippen LogP contribution is -2.50. The number of carbonyl (C=O) groups excluding carboxylic acids is 4. The molecule has 248 valence electrons. The van der Waals surface area contributed by atoms with Crippen LogP contribution in [-0.2, 0) is 28.7 Å². The summed E-state index contributed by atoms with van der Waals surface area (Å²) in [4.78, 5) is 53.2. The highest BCUT2D eigenvalue weighted by molar-refractivity contribution is 7.98. The van der Waals surface area contributed by atoms with Gasteiger partial charge in [-0.25, -0.2) is 0 Å². The van der Waals surface area contributed by atoms with E-state index in [1.165, 1.54) is 0 Å². The molecule has 1 saturated carbocycles. The minimum Gasteiger partial charge on any atom is -0.394 e. The van der Waals surface area contributed by atoms with Crippen molar-refractivity contribution >= 4 is 51.9 Å². The van der Waals surface area contributed by atoms with Crippen LogP contribution < -0.4 is 21.3 Å². The number of thioether (sulfide) groups is 1. The third kappa shape index (κ3) is 12.2. The number of nitrogens with one attached hydrogen (secondary N) is 4. The highest BCUT2D eigenvalue weighted by Gasteiger charge is 2.39. The zero-order valence-electron chi connectivity index (χ0n) is 25.8. The lowest BCUT2D eigenvalue weighted by Gasteiger charge is -2.33. The van der Waals surface area contributed by atoms with Crippen molar-refractivity contribution in [1.82, 2.24) is 16.0 Å². The fourth-order valence-corrected chi connectivity index (χ4v) is 5.84. The Morgan fingerprint density at radius 2 is 1.36 bits per heavy atom. The maximum absolute atomic E-state index is 13.7. The second-order valence-corrected chi connectivity index (χ2v) is 11.9. The van der Waals surface area contributed by atoms with Gasteiger partial charge in [0.25, 0.3) is 0 Å². The van der Waals surface area contributed by atoms with Crippen LogP contribution in [0.15, 0.2) is 42.5 Å². The molecule has 3 rings (SSSR count). The first-order chi connectivity index (χ1) is 21.9. The number of amides is 4. The molecular formula is C32H46N4O8S. The van der Waals surface area contributed by atoms with Gasteiger partial charge in [-0.1, -0.05) is 30.3 Å². The van der Waals surface area contributed by atoms with Crippen molar-refractivity contribution in [2.24, 2.45) is 17.8 Å². The molecule has 0 saturated heterocycles. The number of aliphatic hydroxyl groups excluding tert-OH is 2. The first kappa shape index (κ1) is 36.2. The molecular weight excluding hydrogens is 600 g/mol. The maximum atomic E-state index is 13.7. The van der Waals surface area contributed by atoms with E-state index in [0.717, 1.165) is 10.8 Å². The Labute approximate surface area is 268 Å². The van der Waals surface area contributed by atoms with Crippen molar-refractivity contribution in [3.05, 3.63) is 42.5 Å². The number of benzene rings is 2. The summed E-state index contributed by atoms with van der Waals surface area (Å²) in [5, 5.41) is 31.2. The summed E-state index contributed by atoms with van der Waals surface area (Å²) in [5.74, 6) is -2.47. The molecule has 1 fully saturated rings. The number of hydrogen-bond acceptors (Lipinski definition) is 9. The van der Waals surface area contributed by atoms with Crippen LogP contribution in [0.1, 0.15) is 25.7 Å². The van der Waals surface area contributed by atoms with Crippen molar-refractivity contribution in [2.75, 3.05) is 70.1 Å². The van der Waals surface area contributed by atoms with Crippen LogP contribution in [0, 0.1) is 17.8 Å². The SMILES string of the molecule is CSCCC(NC(=O)C1CC(C(=O)NCCOCCO)CC(C(=O)NCCOCCO)C1)C(=O)Nc1ccc2ccccc2c1. The number of anilines is 1.